The first-order valence-corrected chi connectivity index (χ1v) is 4.22. The van der Waals surface area contributed by atoms with Gasteiger partial charge in [-0.1, -0.05) is 6.58 Å². The fraction of sp³-hybridized carbons (Fsp3) is 0.364. The highest BCUT2D eigenvalue weighted by Crippen LogP contribution is 2.15. The predicted octanol–water partition coefficient (Wildman–Crippen LogP) is 1.63. The first kappa shape index (κ1) is 12.5. The van der Waals surface area contributed by atoms with Crippen LogP contribution in [-0.4, -0.2) is 17.3 Å². The van der Waals surface area contributed by atoms with Crippen molar-refractivity contribution in [1.29, 1.82) is 0 Å². The molecule has 76 valence electrons. The zero-order valence-electron chi connectivity index (χ0n) is 8.93. The molecule has 0 amide bonds. The van der Waals surface area contributed by atoms with Crippen LogP contribution >= 0.6 is 0 Å². The monoisotopic (exact) mass is 194 g/mol. The average molecular weight is 194 g/mol. The van der Waals surface area contributed by atoms with E-state index in [0.717, 1.165) is 0 Å². The van der Waals surface area contributed by atoms with Crippen LogP contribution in [0, 0.1) is 0 Å². The number of rotatable bonds is 4. The number of carbonyl (C=O) groups is 3. The lowest BCUT2D eigenvalue weighted by molar-refractivity contribution is -0.119. The lowest BCUT2D eigenvalue weighted by atomic mass is 9.95. The highest BCUT2D eigenvalue weighted by Gasteiger charge is 2.16. The summed E-state index contributed by atoms with van der Waals surface area (Å²) in [6.07, 6.45) is 0. The summed E-state index contributed by atoms with van der Waals surface area (Å²) in [5, 5.41) is 0. The molecule has 0 radical (unpaired) electrons. The minimum atomic E-state index is -0.336. The molecule has 0 fully saturated rings. The van der Waals surface area contributed by atoms with Gasteiger partial charge >= 0.3 is 0 Å². The van der Waals surface area contributed by atoms with Crippen molar-refractivity contribution in [3.05, 3.63) is 23.3 Å². The molecule has 0 N–H and O–H groups in total. The molecule has 0 saturated carbocycles. The molecule has 0 saturated heterocycles. The number of allylic oxidation sites excluding steroid dienone is 3. The van der Waals surface area contributed by atoms with E-state index in [2.05, 4.69) is 6.58 Å². The van der Waals surface area contributed by atoms with Gasteiger partial charge in [0.05, 0.1) is 5.57 Å². The maximum absolute atomic E-state index is 11.1. The molecule has 0 heterocycles. The van der Waals surface area contributed by atoms with Gasteiger partial charge in [-0.2, -0.15) is 0 Å². The molecule has 14 heavy (non-hydrogen) atoms. The van der Waals surface area contributed by atoms with Crippen LogP contribution in [0.25, 0.3) is 0 Å². The molecule has 0 aromatic carbocycles. The molecule has 0 aliphatic heterocycles. The predicted molar refractivity (Wildman–Crippen MR) is 53.9 cm³/mol. The molecule has 0 aromatic rings. The van der Waals surface area contributed by atoms with Crippen LogP contribution in [0.4, 0.5) is 0 Å². The SMILES string of the molecule is C=C(C(C)=O)C(C)=C(C(C)=O)C(C)=O. The van der Waals surface area contributed by atoms with E-state index in [9.17, 15) is 14.4 Å². The third-order valence-electron chi connectivity index (χ3n) is 1.96. The highest BCUT2D eigenvalue weighted by atomic mass is 16.1. The topological polar surface area (TPSA) is 51.2 Å². The Balaban J connectivity index is 5.43. The summed E-state index contributed by atoms with van der Waals surface area (Å²) >= 11 is 0. The van der Waals surface area contributed by atoms with Crippen molar-refractivity contribution in [2.45, 2.75) is 27.7 Å². The lowest BCUT2D eigenvalue weighted by Gasteiger charge is -2.06. The average Bonchev–Trinajstić information content (AvgIpc) is 2.01. The number of hydrogen-bond acceptors (Lipinski definition) is 3. The molecular weight excluding hydrogens is 180 g/mol. The third kappa shape index (κ3) is 2.76. The number of hydrogen-bond donors (Lipinski definition) is 0. The van der Waals surface area contributed by atoms with Gasteiger partial charge in [-0.05, 0) is 33.3 Å². The highest BCUT2D eigenvalue weighted by molar-refractivity contribution is 6.20. The molecule has 0 bridgehead atoms. The summed E-state index contributed by atoms with van der Waals surface area (Å²) in [6.45, 7) is 9.03. The Labute approximate surface area is 83.5 Å². The van der Waals surface area contributed by atoms with Crippen molar-refractivity contribution in [3.63, 3.8) is 0 Å². The zero-order chi connectivity index (χ0) is 11.5. The molecule has 0 spiro atoms. The van der Waals surface area contributed by atoms with Crippen LogP contribution in [0.5, 0.6) is 0 Å². The summed E-state index contributed by atoms with van der Waals surface area (Å²) in [6, 6.07) is 0. The molecule has 3 heteroatoms. The second kappa shape index (κ2) is 4.65. The van der Waals surface area contributed by atoms with E-state index in [1.807, 2.05) is 0 Å². The maximum atomic E-state index is 11.1. The molecule has 0 aliphatic carbocycles. The minimum Gasteiger partial charge on any atom is -0.295 e. The molecule has 0 rings (SSSR count). The van der Waals surface area contributed by atoms with E-state index in [0.29, 0.717) is 5.57 Å². The Hall–Kier alpha value is -1.51. The standard InChI is InChI=1S/C11H14O3/c1-6(8(3)12)7(2)11(9(4)13)10(5)14/h1H2,2-5H3. The van der Waals surface area contributed by atoms with Crippen molar-refractivity contribution in [3.8, 4) is 0 Å². The normalized spacial score (nSPS) is 9.14. The second-order valence-corrected chi connectivity index (χ2v) is 3.15. The summed E-state index contributed by atoms with van der Waals surface area (Å²) in [4.78, 5) is 33.2. The molecule has 0 unspecified atom stereocenters. The number of Topliss-reactive ketones (excluding diaryl/α,β-unsaturated/α-hetero) is 3. The van der Waals surface area contributed by atoms with Crippen LogP contribution < -0.4 is 0 Å². The van der Waals surface area contributed by atoms with Crippen LogP contribution in [-0.2, 0) is 14.4 Å². The first-order valence-electron chi connectivity index (χ1n) is 4.22. The quantitative estimate of drug-likeness (QED) is 0.296. The van der Waals surface area contributed by atoms with Gasteiger partial charge in [0.2, 0.25) is 0 Å². The van der Waals surface area contributed by atoms with E-state index >= 15 is 0 Å². The first-order chi connectivity index (χ1) is 6.29. The second-order valence-electron chi connectivity index (χ2n) is 3.15. The van der Waals surface area contributed by atoms with E-state index in [1.54, 1.807) is 6.92 Å². The summed E-state index contributed by atoms with van der Waals surface area (Å²) < 4.78 is 0. The number of carbonyl (C=O) groups excluding carboxylic acids is 3. The van der Waals surface area contributed by atoms with Gasteiger partial charge in [0.1, 0.15) is 0 Å². The Kier molecular flexibility index (Phi) is 4.15. The van der Waals surface area contributed by atoms with Gasteiger partial charge in [-0.25, -0.2) is 0 Å². The van der Waals surface area contributed by atoms with Gasteiger partial charge in [-0.15, -0.1) is 0 Å². The van der Waals surface area contributed by atoms with Gasteiger partial charge < -0.3 is 0 Å². The maximum Gasteiger partial charge on any atom is 0.163 e. The van der Waals surface area contributed by atoms with Crippen molar-refractivity contribution in [2.75, 3.05) is 0 Å². The van der Waals surface area contributed by atoms with Crippen LogP contribution in [0.1, 0.15) is 27.7 Å². The van der Waals surface area contributed by atoms with E-state index in [-0.39, 0.29) is 28.5 Å². The van der Waals surface area contributed by atoms with E-state index in [1.165, 1.54) is 20.8 Å². The van der Waals surface area contributed by atoms with Gasteiger partial charge in [0, 0.05) is 5.57 Å². The van der Waals surface area contributed by atoms with E-state index < -0.39 is 0 Å². The Morgan fingerprint density at radius 1 is 0.786 bits per heavy atom. The zero-order valence-corrected chi connectivity index (χ0v) is 8.93. The van der Waals surface area contributed by atoms with Crippen molar-refractivity contribution < 1.29 is 14.4 Å². The number of ketones is 3. The Morgan fingerprint density at radius 2 is 1.14 bits per heavy atom. The minimum absolute atomic E-state index is 0.0604. The van der Waals surface area contributed by atoms with Gasteiger partial charge in [0.25, 0.3) is 0 Å². The van der Waals surface area contributed by atoms with Gasteiger partial charge in [-0.3, -0.25) is 14.4 Å². The molecule has 0 aliphatic rings. The Morgan fingerprint density at radius 3 is 1.36 bits per heavy atom. The lowest BCUT2D eigenvalue weighted by Crippen LogP contribution is -2.11. The fourth-order valence-electron chi connectivity index (χ4n) is 1.19. The fourth-order valence-corrected chi connectivity index (χ4v) is 1.19. The largest absolute Gasteiger partial charge is 0.295 e. The molecule has 0 atom stereocenters. The van der Waals surface area contributed by atoms with Crippen molar-refractivity contribution in [1.82, 2.24) is 0 Å². The molecular formula is C11H14O3. The van der Waals surface area contributed by atoms with Crippen LogP contribution in [0.2, 0.25) is 0 Å². The summed E-state index contributed by atoms with van der Waals surface area (Å²) in [7, 11) is 0. The summed E-state index contributed by atoms with van der Waals surface area (Å²) in [5.41, 5.74) is 0.646. The summed E-state index contributed by atoms with van der Waals surface area (Å²) in [5.74, 6) is -0.905. The Bertz CT molecular complexity index is 330. The van der Waals surface area contributed by atoms with Gasteiger partial charge in [0.15, 0.2) is 17.3 Å². The smallest absolute Gasteiger partial charge is 0.163 e. The van der Waals surface area contributed by atoms with Crippen molar-refractivity contribution >= 4 is 17.3 Å². The third-order valence-corrected chi connectivity index (χ3v) is 1.96. The van der Waals surface area contributed by atoms with Crippen LogP contribution in [0.15, 0.2) is 23.3 Å². The molecule has 3 nitrogen and oxygen atoms in total. The van der Waals surface area contributed by atoms with E-state index in [4.69, 9.17) is 0 Å². The van der Waals surface area contributed by atoms with Crippen molar-refractivity contribution in [2.24, 2.45) is 0 Å². The van der Waals surface area contributed by atoms with Crippen LogP contribution in [0.3, 0.4) is 0 Å². The molecule has 0 aromatic heterocycles.